The van der Waals surface area contributed by atoms with Crippen LogP contribution in [0.25, 0.3) is 21.5 Å². The van der Waals surface area contributed by atoms with Crippen LogP contribution in [-0.2, 0) is 6.42 Å². The predicted octanol–water partition coefficient (Wildman–Crippen LogP) is 5.67. The predicted molar refractivity (Wildman–Crippen MR) is 98.8 cm³/mol. The molecule has 0 saturated heterocycles. The zero-order chi connectivity index (χ0) is 15.4. The van der Waals surface area contributed by atoms with Gasteiger partial charge in [-0.2, -0.15) is 0 Å². The van der Waals surface area contributed by atoms with Gasteiger partial charge in [0.15, 0.2) is 0 Å². The molecule has 110 valence electrons. The summed E-state index contributed by atoms with van der Waals surface area (Å²) in [6, 6.07) is 26.4. The number of hydrogen-bond acceptors (Lipinski definition) is 1. The molecule has 1 aliphatic rings. The number of benzene rings is 4. The zero-order valence-electron chi connectivity index (χ0n) is 13.1. The molecule has 1 heterocycles. The van der Waals surface area contributed by atoms with E-state index in [4.69, 9.17) is 0 Å². The third-order valence-electron chi connectivity index (χ3n) is 5.06. The SMILES string of the molecule is CN1c2ccc3ccccc3c2Cc2ccc3ccccc3c21. The maximum Gasteiger partial charge on any atom is 0.0523 e. The standard InChI is InChI=1S/C22H17N/c1-23-21-13-12-15-6-2-4-8-18(15)20(21)14-17-11-10-16-7-3-5-9-19(16)22(17)23/h2-13H,14H2,1H3. The molecule has 0 fully saturated rings. The molecule has 0 radical (unpaired) electrons. The maximum absolute atomic E-state index is 2.36. The lowest BCUT2D eigenvalue weighted by Crippen LogP contribution is -2.19. The molecule has 0 aromatic heterocycles. The van der Waals surface area contributed by atoms with E-state index < -0.39 is 0 Å². The van der Waals surface area contributed by atoms with Crippen LogP contribution in [0.1, 0.15) is 11.1 Å². The fourth-order valence-electron chi connectivity index (χ4n) is 3.97. The Bertz CT molecular complexity index is 1060. The second-order valence-corrected chi connectivity index (χ2v) is 6.31. The van der Waals surface area contributed by atoms with Crippen LogP contribution in [0.3, 0.4) is 0 Å². The summed E-state index contributed by atoms with van der Waals surface area (Å²) in [5.74, 6) is 0. The zero-order valence-corrected chi connectivity index (χ0v) is 13.1. The van der Waals surface area contributed by atoms with Crippen molar-refractivity contribution in [2.45, 2.75) is 6.42 Å². The van der Waals surface area contributed by atoms with Gasteiger partial charge in [-0.1, -0.05) is 66.7 Å². The number of fused-ring (bicyclic) bond motifs is 6. The van der Waals surface area contributed by atoms with E-state index in [1.807, 2.05) is 0 Å². The molecular formula is C22H17N. The van der Waals surface area contributed by atoms with Crippen molar-refractivity contribution in [2.75, 3.05) is 11.9 Å². The highest BCUT2D eigenvalue weighted by Crippen LogP contribution is 2.43. The first-order valence-corrected chi connectivity index (χ1v) is 8.08. The monoisotopic (exact) mass is 295 g/mol. The van der Waals surface area contributed by atoms with Crippen molar-refractivity contribution in [2.24, 2.45) is 0 Å². The first-order valence-electron chi connectivity index (χ1n) is 8.08. The lowest BCUT2D eigenvalue weighted by Gasteiger charge is -2.32. The van der Waals surface area contributed by atoms with Crippen LogP contribution >= 0.6 is 0 Å². The molecule has 0 N–H and O–H groups in total. The first kappa shape index (κ1) is 12.7. The summed E-state index contributed by atoms with van der Waals surface area (Å²) in [5.41, 5.74) is 5.53. The van der Waals surface area contributed by atoms with Gasteiger partial charge in [-0.25, -0.2) is 0 Å². The third kappa shape index (κ3) is 1.74. The summed E-state index contributed by atoms with van der Waals surface area (Å²) >= 11 is 0. The van der Waals surface area contributed by atoms with Crippen LogP contribution in [0, 0.1) is 0 Å². The summed E-state index contributed by atoms with van der Waals surface area (Å²) in [4.78, 5) is 2.36. The van der Waals surface area contributed by atoms with Gasteiger partial charge in [-0.05, 0) is 33.4 Å². The molecule has 0 bridgehead atoms. The minimum atomic E-state index is 1.00. The van der Waals surface area contributed by atoms with Crippen LogP contribution < -0.4 is 4.90 Å². The van der Waals surface area contributed by atoms with Crippen molar-refractivity contribution in [1.29, 1.82) is 0 Å². The second kappa shape index (κ2) is 4.60. The molecule has 0 amide bonds. The average Bonchev–Trinajstić information content (AvgIpc) is 2.61. The van der Waals surface area contributed by atoms with Gasteiger partial charge < -0.3 is 4.90 Å². The normalized spacial score (nSPS) is 13.2. The van der Waals surface area contributed by atoms with Crippen LogP contribution in [0.4, 0.5) is 11.4 Å². The van der Waals surface area contributed by atoms with Gasteiger partial charge in [0.1, 0.15) is 0 Å². The second-order valence-electron chi connectivity index (χ2n) is 6.31. The number of rotatable bonds is 0. The summed E-state index contributed by atoms with van der Waals surface area (Å²) in [5, 5.41) is 5.34. The van der Waals surface area contributed by atoms with Crippen LogP contribution in [0.15, 0.2) is 72.8 Å². The molecule has 1 heteroatoms. The molecule has 0 atom stereocenters. The highest BCUT2D eigenvalue weighted by atomic mass is 15.1. The summed E-state index contributed by atoms with van der Waals surface area (Å²) in [6.07, 6.45) is 1.00. The van der Waals surface area contributed by atoms with Crippen molar-refractivity contribution in [3.05, 3.63) is 83.9 Å². The minimum absolute atomic E-state index is 1.00. The van der Waals surface area contributed by atoms with E-state index >= 15 is 0 Å². The van der Waals surface area contributed by atoms with E-state index in [-0.39, 0.29) is 0 Å². The van der Waals surface area contributed by atoms with E-state index in [9.17, 15) is 0 Å². The fraction of sp³-hybridized carbons (Fsp3) is 0.0909. The maximum atomic E-state index is 2.36. The average molecular weight is 295 g/mol. The topological polar surface area (TPSA) is 3.24 Å². The first-order chi connectivity index (χ1) is 11.3. The number of hydrogen-bond donors (Lipinski definition) is 0. The summed E-state index contributed by atoms with van der Waals surface area (Å²) in [6.45, 7) is 0. The van der Waals surface area contributed by atoms with Crippen LogP contribution in [0.2, 0.25) is 0 Å². The Morgan fingerprint density at radius 3 is 2.17 bits per heavy atom. The summed E-state index contributed by atoms with van der Waals surface area (Å²) in [7, 11) is 2.19. The Morgan fingerprint density at radius 2 is 1.35 bits per heavy atom. The van der Waals surface area contributed by atoms with Gasteiger partial charge in [0, 0.05) is 24.5 Å². The molecule has 0 aliphatic carbocycles. The van der Waals surface area contributed by atoms with Crippen LogP contribution in [-0.4, -0.2) is 7.05 Å². The minimum Gasteiger partial charge on any atom is -0.344 e. The summed E-state index contributed by atoms with van der Waals surface area (Å²) < 4.78 is 0. The Morgan fingerprint density at radius 1 is 0.696 bits per heavy atom. The van der Waals surface area contributed by atoms with E-state index in [0.29, 0.717) is 0 Å². The van der Waals surface area contributed by atoms with Crippen molar-refractivity contribution in [3.63, 3.8) is 0 Å². The van der Waals surface area contributed by atoms with E-state index in [0.717, 1.165) is 6.42 Å². The van der Waals surface area contributed by atoms with Crippen molar-refractivity contribution in [3.8, 4) is 0 Å². The molecule has 4 aromatic rings. The quantitative estimate of drug-likeness (QED) is 0.404. The molecule has 5 rings (SSSR count). The fourth-order valence-corrected chi connectivity index (χ4v) is 3.97. The number of nitrogens with zero attached hydrogens (tertiary/aromatic N) is 1. The van der Waals surface area contributed by atoms with Crippen molar-refractivity contribution in [1.82, 2.24) is 0 Å². The smallest absolute Gasteiger partial charge is 0.0523 e. The Labute approximate surface area is 135 Å². The number of anilines is 2. The van der Waals surface area contributed by atoms with Gasteiger partial charge in [-0.15, -0.1) is 0 Å². The largest absolute Gasteiger partial charge is 0.344 e. The molecule has 0 saturated carbocycles. The van der Waals surface area contributed by atoms with Crippen molar-refractivity contribution < 1.29 is 0 Å². The van der Waals surface area contributed by atoms with Crippen LogP contribution in [0.5, 0.6) is 0 Å². The molecule has 23 heavy (non-hydrogen) atoms. The molecule has 0 unspecified atom stereocenters. The molecule has 4 aromatic carbocycles. The van der Waals surface area contributed by atoms with Gasteiger partial charge in [0.05, 0.1) is 5.69 Å². The van der Waals surface area contributed by atoms with Gasteiger partial charge in [-0.3, -0.25) is 0 Å². The molecule has 0 spiro atoms. The van der Waals surface area contributed by atoms with E-state index in [1.165, 1.54) is 44.0 Å². The van der Waals surface area contributed by atoms with E-state index in [2.05, 4.69) is 84.7 Å². The van der Waals surface area contributed by atoms with Crippen molar-refractivity contribution >= 4 is 32.9 Å². The molecule has 1 aliphatic heterocycles. The lowest BCUT2D eigenvalue weighted by atomic mass is 9.89. The molecule has 1 nitrogen and oxygen atoms in total. The highest BCUT2D eigenvalue weighted by Gasteiger charge is 2.23. The highest BCUT2D eigenvalue weighted by molar-refractivity contribution is 6.02. The Hall–Kier alpha value is -2.80. The van der Waals surface area contributed by atoms with E-state index in [1.54, 1.807) is 0 Å². The Balaban J connectivity index is 1.83. The lowest BCUT2D eigenvalue weighted by molar-refractivity contribution is 1.08. The molecular weight excluding hydrogens is 278 g/mol. The third-order valence-corrected chi connectivity index (χ3v) is 5.06. The van der Waals surface area contributed by atoms with Gasteiger partial charge in [0.2, 0.25) is 0 Å². The Kier molecular flexibility index (Phi) is 2.54. The van der Waals surface area contributed by atoms with Gasteiger partial charge >= 0.3 is 0 Å². The van der Waals surface area contributed by atoms with Gasteiger partial charge in [0.25, 0.3) is 0 Å².